The minimum atomic E-state index is -4.14. The third-order valence-electron chi connectivity index (χ3n) is 6.69. The Morgan fingerprint density at radius 3 is 2.29 bits per heavy atom. The first-order chi connectivity index (χ1) is 20.2. The van der Waals surface area contributed by atoms with E-state index in [0.717, 1.165) is 9.87 Å². The number of hydrogen-bond donors (Lipinski definition) is 1. The highest BCUT2D eigenvalue weighted by molar-refractivity contribution is 7.89. The Hall–Kier alpha value is -3.89. The summed E-state index contributed by atoms with van der Waals surface area (Å²) >= 11 is 12.2. The molecule has 5 rings (SSSR count). The van der Waals surface area contributed by atoms with Crippen LogP contribution in [0.25, 0.3) is 0 Å². The summed E-state index contributed by atoms with van der Waals surface area (Å²) in [6.45, 7) is -0.404. The van der Waals surface area contributed by atoms with Gasteiger partial charge in [-0.05, 0) is 59.7 Å². The van der Waals surface area contributed by atoms with Crippen LogP contribution in [0.5, 0.6) is 5.75 Å². The summed E-state index contributed by atoms with van der Waals surface area (Å²) in [7, 11) is -4.14. The van der Waals surface area contributed by atoms with Crippen molar-refractivity contribution in [1.82, 2.24) is 9.62 Å². The number of hydrogen-bond acceptors (Lipinski definition) is 5. The first-order valence-electron chi connectivity index (χ1n) is 13.1. The molecule has 4 aromatic carbocycles. The van der Waals surface area contributed by atoms with E-state index in [1.807, 2.05) is 30.3 Å². The normalized spacial score (nSPS) is 14.6. The number of ether oxygens (including phenoxy) is 1. The van der Waals surface area contributed by atoms with E-state index < -0.39 is 34.5 Å². The zero-order chi connectivity index (χ0) is 29.7. The van der Waals surface area contributed by atoms with E-state index in [9.17, 15) is 18.0 Å². The molecule has 0 aromatic heterocycles. The lowest BCUT2D eigenvalue weighted by Crippen LogP contribution is -2.52. The van der Waals surface area contributed by atoms with Crippen molar-refractivity contribution in [3.63, 3.8) is 0 Å². The highest BCUT2D eigenvalue weighted by Crippen LogP contribution is 2.34. The number of benzene rings is 4. The predicted octanol–water partition coefficient (Wildman–Crippen LogP) is 5.29. The second-order valence-corrected chi connectivity index (χ2v) is 12.4. The molecule has 4 aromatic rings. The van der Waals surface area contributed by atoms with E-state index >= 15 is 0 Å². The Morgan fingerprint density at radius 2 is 1.55 bits per heavy atom. The number of rotatable bonds is 9. The van der Waals surface area contributed by atoms with Crippen LogP contribution < -0.4 is 15.0 Å². The van der Waals surface area contributed by atoms with Crippen molar-refractivity contribution in [1.29, 1.82) is 0 Å². The molecule has 0 bridgehead atoms. The quantitative estimate of drug-likeness (QED) is 0.273. The largest absolute Gasteiger partial charge is 0.477 e. The molecule has 0 saturated heterocycles. The molecule has 1 aliphatic rings. The van der Waals surface area contributed by atoms with Gasteiger partial charge >= 0.3 is 0 Å². The SMILES string of the molecule is O=C(NCc1ccccc1)[C@H]1CN(C(=O)CN(Cc2cccc(Cl)c2)S(=O)(=O)c2ccc(Cl)cc2)c2ccccc2O1. The summed E-state index contributed by atoms with van der Waals surface area (Å²) in [4.78, 5) is 28.4. The number of amides is 2. The predicted molar refractivity (Wildman–Crippen MR) is 162 cm³/mol. The maximum atomic E-state index is 13.9. The fourth-order valence-electron chi connectivity index (χ4n) is 4.56. The molecule has 1 aliphatic heterocycles. The summed E-state index contributed by atoms with van der Waals surface area (Å²) in [6, 6.07) is 28.8. The molecule has 1 atom stereocenters. The smallest absolute Gasteiger partial charge is 0.263 e. The summed E-state index contributed by atoms with van der Waals surface area (Å²) in [5.41, 5.74) is 1.97. The number of anilines is 1. The van der Waals surface area contributed by atoms with Crippen LogP contribution in [-0.2, 0) is 32.7 Å². The number of halogens is 2. The molecule has 11 heteroatoms. The molecule has 8 nitrogen and oxygen atoms in total. The van der Waals surface area contributed by atoms with Gasteiger partial charge in [-0.25, -0.2) is 8.42 Å². The molecule has 1 N–H and O–H groups in total. The van der Waals surface area contributed by atoms with Gasteiger partial charge in [0.25, 0.3) is 5.91 Å². The molecule has 0 unspecified atom stereocenters. The van der Waals surface area contributed by atoms with Crippen LogP contribution in [0.2, 0.25) is 10.0 Å². The minimum Gasteiger partial charge on any atom is -0.477 e. The van der Waals surface area contributed by atoms with E-state index in [2.05, 4.69) is 5.32 Å². The summed E-state index contributed by atoms with van der Waals surface area (Å²) in [5.74, 6) is -0.569. The van der Waals surface area contributed by atoms with Crippen LogP contribution in [-0.4, -0.2) is 43.7 Å². The monoisotopic (exact) mass is 623 g/mol. The number of nitrogens with zero attached hydrogens (tertiary/aromatic N) is 2. The van der Waals surface area contributed by atoms with E-state index in [-0.39, 0.29) is 18.0 Å². The zero-order valence-corrected chi connectivity index (χ0v) is 24.6. The average Bonchev–Trinajstić information content (AvgIpc) is 2.99. The second kappa shape index (κ2) is 13.0. The van der Waals surface area contributed by atoms with Gasteiger partial charge in [0.1, 0.15) is 5.75 Å². The Bertz CT molecular complexity index is 1680. The maximum absolute atomic E-state index is 13.9. The van der Waals surface area contributed by atoms with Crippen LogP contribution in [0.15, 0.2) is 108 Å². The minimum absolute atomic E-state index is 0.0118. The fourth-order valence-corrected chi connectivity index (χ4v) is 6.28. The number of carbonyl (C=O) groups excluding carboxylic acids is 2. The van der Waals surface area contributed by atoms with Crippen LogP contribution in [0.3, 0.4) is 0 Å². The molecule has 1 heterocycles. The molecule has 0 radical (unpaired) electrons. The van der Waals surface area contributed by atoms with Crippen molar-refractivity contribution in [3.8, 4) is 5.75 Å². The first kappa shape index (κ1) is 29.6. The van der Waals surface area contributed by atoms with Crippen LogP contribution in [0, 0.1) is 0 Å². The topological polar surface area (TPSA) is 96.0 Å². The fraction of sp³-hybridized carbons (Fsp3) is 0.161. The van der Waals surface area contributed by atoms with Crippen molar-refractivity contribution >= 4 is 50.7 Å². The van der Waals surface area contributed by atoms with Crippen molar-refractivity contribution in [2.24, 2.45) is 0 Å². The van der Waals surface area contributed by atoms with Crippen molar-refractivity contribution < 1.29 is 22.7 Å². The lowest BCUT2D eigenvalue weighted by atomic mass is 10.1. The van der Waals surface area contributed by atoms with Crippen molar-refractivity contribution in [2.75, 3.05) is 18.0 Å². The van der Waals surface area contributed by atoms with Crippen LogP contribution in [0.1, 0.15) is 11.1 Å². The second-order valence-electron chi connectivity index (χ2n) is 9.64. The van der Waals surface area contributed by atoms with Gasteiger partial charge in [0, 0.05) is 23.1 Å². The van der Waals surface area contributed by atoms with Gasteiger partial charge in [0.05, 0.1) is 23.7 Å². The molecule has 42 heavy (non-hydrogen) atoms. The highest BCUT2D eigenvalue weighted by atomic mass is 35.5. The van der Waals surface area contributed by atoms with E-state index in [1.165, 1.54) is 29.2 Å². The van der Waals surface area contributed by atoms with Crippen LogP contribution in [0.4, 0.5) is 5.69 Å². The molecule has 0 fully saturated rings. The number of nitrogens with one attached hydrogen (secondary N) is 1. The molecule has 2 amide bonds. The van der Waals surface area contributed by atoms with Gasteiger partial charge in [-0.3, -0.25) is 9.59 Å². The summed E-state index contributed by atoms with van der Waals surface area (Å²) in [6.07, 6.45) is -0.998. The van der Waals surface area contributed by atoms with Gasteiger partial charge in [0.2, 0.25) is 15.9 Å². The Balaban J connectivity index is 1.41. The standard InChI is InChI=1S/C31H27Cl2N3O5S/c32-24-13-15-26(16-14-24)42(39,40)35(19-23-9-6-10-25(33)17-23)21-30(37)36-20-29(41-28-12-5-4-11-27(28)36)31(38)34-18-22-7-2-1-3-8-22/h1-17,29H,18-21H2,(H,34,38)/t29-/m1/s1. The Kier molecular flexibility index (Phi) is 9.13. The molecule has 0 saturated carbocycles. The van der Waals surface area contributed by atoms with Crippen LogP contribution >= 0.6 is 23.2 Å². The third-order valence-corrected chi connectivity index (χ3v) is 8.98. The van der Waals surface area contributed by atoms with Gasteiger partial charge < -0.3 is 15.0 Å². The van der Waals surface area contributed by atoms with Gasteiger partial charge in [-0.1, -0.05) is 77.8 Å². The first-order valence-corrected chi connectivity index (χ1v) is 15.3. The van der Waals surface area contributed by atoms with E-state index in [0.29, 0.717) is 33.6 Å². The average molecular weight is 625 g/mol. The Labute approximate surface area is 254 Å². The number of para-hydroxylation sites is 2. The maximum Gasteiger partial charge on any atom is 0.263 e. The molecule has 0 spiro atoms. The van der Waals surface area contributed by atoms with Gasteiger partial charge in [0.15, 0.2) is 6.10 Å². The molecule has 216 valence electrons. The number of carbonyl (C=O) groups is 2. The Morgan fingerprint density at radius 1 is 0.857 bits per heavy atom. The van der Waals surface area contributed by atoms with E-state index in [1.54, 1.807) is 48.5 Å². The van der Waals surface area contributed by atoms with Crippen molar-refractivity contribution in [2.45, 2.75) is 24.1 Å². The summed E-state index contributed by atoms with van der Waals surface area (Å²) < 4.78 is 34.6. The van der Waals surface area contributed by atoms with E-state index in [4.69, 9.17) is 27.9 Å². The lowest BCUT2D eigenvalue weighted by molar-refractivity contribution is -0.128. The third kappa shape index (κ3) is 6.94. The molecular weight excluding hydrogens is 597 g/mol. The number of fused-ring (bicyclic) bond motifs is 1. The van der Waals surface area contributed by atoms with Crippen molar-refractivity contribution in [3.05, 3.63) is 124 Å². The summed E-state index contributed by atoms with van der Waals surface area (Å²) in [5, 5.41) is 3.68. The lowest BCUT2D eigenvalue weighted by Gasteiger charge is -2.35. The zero-order valence-electron chi connectivity index (χ0n) is 22.3. The molecule has 0 aliphatic carbocycles. The highest BCUT2D eigenvalue weighted by Gasteiger charge is 2.36. The molecular formula is C31H27Cl2N3O5S. The van der Waals surface area contributed by atoms with Gasteiger partial charge in [-0.15, -0.1) is 0 Å². The van der Waals surface area contributed by atoms with Gasteiger partial charge in [-0.2, -0.15) is 4.31 Å². The number of sulfonamides is 1.